The van der Waals surface area contributed by atoms with E-state index in [9.17, 15) is 18.0 Å². The van der Waals surface area contributed by atoms with Crippen LogP contribution in [-0.2, 0) is 26.1 Å². The minimum atomic E-state index is -4.30. The van der Waals surface area contributed by atoms with E-state index in [1.807, 2.05) is 11.4 Å². The molecule has 0 bridgehead atoms. The Kier molecular flexibility index (Phi) is 9.02. The highest BCUT2D eigenvalue weighted by Gasteiger charge is 2.25. The molecule has 1 amide bonds. The second-order valence-corrected chi connectivity index (χ2v) is 10.3. The maximum atomic E-state index is 12.9. The summed E-state index contributed by atoms with van der Waals surface area (Å²) in [7, 11) is -2.73. The lowest BCUT2D eigenvalue weighted by molar-refractivity contribution is 0.0372. The van der Waals surface area contributed by atoms with Crippen LogP contribution in [0.25, 0.3) is 0 Å². The van der Waals surface area contributed by atoms with Gasteiger partial charge in [0, 0.05) is 20.2 Å². The number of carbonyl (C=O) groups is 2. The highest BCUT2D eigenvalue weighted by Crippen LogP contribution is 2.24. The predicted molar refractivity (Wildman–Crippen MR) is 132 cm³/mol. The zero-order valence-electron chi connectivity index (χ0n) is 19.7. The number of rotatable bonds is 11. The standard InChI is InChI=1S/C25H27NO7S2/c1-18(2)32-25(28)21-7-4-5-9-23(21)35(29,30)33-20-12-10-19(11-13-20)17-26(14-15-31-3)24(27)22-8-6-16-34-22/h4-13,16,18H,14-15,17H2,1-3H3. The van der Waals surface area contributed by atoms with Crippen LogP contribution >= 0.6 is 11.3 Å². The number of thiophene rings is 1. The highest BCUT2D eigenvalue weighted by atomic mass is 32.2. The van der Waals surface area contributed by atoms with Gasteiger partial charge in [0.1, 0.15) is 10.6 Å². The van der Waals surface area contributed by atoms with Crippen LogP contribution in [0.3, 0.4) is 0 Å². The molecule has 2 aromatic carbocycles. The molecule has 0 saturated carbocycles. The van der Waals surface area contributed by atoms with Gasteiger partial charge >= 0.3 is 16.1 Å². The molecule has 1 aromatic heterocycles. The number of hydrogen-bond donors (Lipinski definition) is 0. The molecule has 3 aromatic rings. The van der Waals surface area contributed by atoms with Crippen molar-refractivity contribution in [2.45, 2.75) is 31.4 Å². The zero-order chi connectivity index (χ0) is 25.4. The van der Waals surface area contributed by atoms with Crippen LogP contribution in [0, 0.1) is 0 Å². The van der Waals surface area contributed by atoms with Gasteiger partial charge in [0.05, 0.1) is 23.2 Å². The number of ether oxygens (including phenoxy) is 2. The second-order valence-electron chi connectivity index (χ2n) is 7.83. The summed E-state index contributed by atoms with van der Waals surface area (Å²) in [6.45, 7) is 4.46. The van der Waals surface area contributed by atoms with Gasteiger partial charge in [0.25, 0.3) is 5.91 Å². The van der Waals surface area contributed by atoms with Gasteiger partial charge in [-0.15, -0.1) is 11.3 Å². The van der Waals surface area contributed by atoms with E-state index < -0.39 is 22.2 Å². The highest BCUT2D eigenvalue weighted by molar-refractivity contribution is 7.87. The lowest BCUT2D eigenvalue weighted by Gasteiger charge is -2.22. The van der Waals surface area contributed by atoms with E-state index >= 15 is 0 Å². The first kappa shape index (κ1) is 26.4. The molecule has 0 atom stereocenters. The van der Waals surface area contributed by atoms with Gasteiger partial charge in [0.2, 0.25) is 0 Å². The van der Waals surface area contributed by atoms with E-state index in [0.717, 1.165) is 5.56 Å². The Hall–Kier alpha value is -3.21. The summed E-state index contributed by atoms with van der Waals surface area (Å²) in [5, 5.41) is 1.84. The van der Waals surface area contributed by atoms with Gasteiger partial charge in [-0.05, 0) is 55.1 Å². The van der Waals surface area contributed by atoms with Gasteiger partial charge in [-0.1, -0.05) is 30.3 Å². The average Bonchev–Trinajstić information content (AvgIpc) is 3.37. The molecule has 1 heterocycles. The van der Waals surface area contributed by atoms with Crippen molar-refractivity contribution in [3.05, 3.63) is 82.0 Å². The molecule has 35 heavy (non-hydrogen) atoms. The van der Waals surface area contributed by atoms with Gasteiger partial charge in [-0.3, -0.25) is 4.79 Å². The minimum absolute atomic E-state index is 0.0776. The van der Waals surface area contributed by atoms with Crippen LogP contribution in [0.5, 0.6) is 5.75 Å². The van der Waals surface area contributed by atoms with Crippen LogP contribution in [0.15, 0.2) is 70.9 Å². The third-order valence-corrected chi connectivity index (χ3v) is 6.97. The number of amides is 1. The average molecular weight is 518 g/mol. The molecule has 10 heteroatoms. The maximum Gasteiger partial charge on any atom is 0.340 e. The number of hydrogen-bond acceptors (Lipinski definition) is 8. The number of carbonyl (C=O) groups excluding carboxylic acids is 2. The van der Waals surface area contributed by atoms with Gasteiger partial charge in [0.15, 0.2) is 0 Å². The summed E-state index contributed by atoms with van der Waals surface area (Å²) in [5.74, 6) is -0.775. The predicted octanol–water partition coefficient (Wildman–Crippen LogP) is 4.37. The molecule has 0 radical (unpaired) electrons. The largest absolute Gasteiger partial charge is 0.459 e. The van der Waals surface area contributed by atoms with Crippen molar-refractivity contribution in [1.82, 2.24) is 4.90 Å². The van der Waals surface area contributed by atoms with Crippen LogP contribution in [-0.4, -0.2) is 51.6 Å². The molecule has 186 valence electrons. The summed E-state index contributed by atoms with van der Waals surface area (Å²) in [4.78, 5) is 27.2. The summed E-state index contributed by atoms with van der Waals surface area (Å²) in [5.41, 5.74) is 0.690. The number of methoxy groups -OCH3 is 1. The third-order valence-electron chi connectivity index (χ3n) is 4.81. The number of esters is 1. The Morgan fingerprint density at radius 2 is 1.71 bits per heavy atom. The summed E-state index contributed by atoms with van der Waals surface area (Å²) in [6, 6.07) is 15.7. The zero-order valence-corrected chi connectivity index (χ0v) is 21.3. The van der Waals surface area contributed by atoms with Crippen molar-refractivity contribution in [2.75, 3.05) is 20.3 Å². The van der Waals surface area contributed by atoms with E-state index in [2.05, 4.69) is 0 Å². The Balaban J connectivity index is 1.75. The van der Waals surface area contributed by atoms with Crippen LogP contribution in [0.4, 0.5) is 0 Å². The normalized spacial score (nSPS) is 11.3. The van der Waals surface area contributed by atoms with Crippen molar-refractivity contribution in [3.63, 3.8) is 0 Å². The monoisotopic (exact) mass is 517 g/mol. The molecule has 0 N–H and O–H groups in total. The fourth-order valence-electron chi connectivity index (χ4n) is 3.18. The van der Waals surface area contributed by atoms with Gasteiger partial charge in [-0.2, -0.15) is 8.42 Å². The molecule has 0 aliphatic carbocycles. The first-order valence-electron chi connectivity index (χ1n) is 10.9. The molecule has 0 unspecified atom stereocenters. The van der Waals surface area contributed by atoms with Crippen molar-refractivity contribution >= 4 is 33.3 Å². The van der Waals surface area contributed by atoms with E-state index in [-0.39, 0.29) is 22.1 Å². The SMILES string of the molecule is COCCN(Cc1ccc(OS(=O)(=O)c2ccccc2C(=O)OC(C)C)cc1)C(=O)c1cccs1. The minimum Gasteiger partial charge on any atom is -0.459 e. The summed E-state index contributed by atoms with van der Waals surface area (Å²) < 4.78 is 41.4. The molecular weight excluding hydrogens is 490 g/mol. The lowest BCUT2D eigenvalue weighted by Crippen LogP contribution is -2.33. The van der Waals surface area contributed by atoms with E-state index in [0.29, 0.717) is 24.6 Å². The number of benzene rings is 2. The molecule has 3 rings (SSSR count). The van der Waals surface area contributed by atoms with Crippen LogP contribution in [0.1, 0.15) is 39.4 Å². The maximum absolute atomic E-state index is 12.9. The first-order valence-corrected chi connectivity index (χ1v) is 13.1. The van der Waals surface area contributed by atoms with Crippen LogP contribution in [0.2, 0.25) is 0 Å². The van der Waals surface area contributed by atoms with Crippen molar-refractivity contribution in [2.24, 2.45) is 0 Å². The van der Waals surface area contributed by atoms with E-state index in [1.165, 1.54) is 41.7 Å². The quantitative estimate of drug-likeness (QED) is 0.275. The summed E-state index contributed by atoms with van der Waals surface area (Å²) in [6.07, 6.45) is -0.401. The van der Waals surface area contributed by atoms with E-state index in [4.69, 9.17) is 13.7 Å². The van der Waals surface area contributed by atoms with E-state index in [1.54, 1.807) is 50.1 Å². The molecule has 0 aliphatic heterocycles. The molecular formula is C25H27NO7S2. The number of nitrogens with zero attached hydrogens (tertiary/aromatic N) is 1. The van der Waals surface area contributed by atoms with Gasteiger partial charge < -0.3 is 18.6 Å². The fraction of sp³-hybridized carbons (Fsp3) is 0.280. The van der Waals surface area contributed by atoms with Crippen molar-refractivity contribution in [3.8, 4) is 5.75 Å². The topological polar surface area (TPSA) is 99.2 Å². The smallest absolute Gasteiger partial charge is 0.340 e. The first-order chi connectivity index (χ1) is 16.7. The second kappa shape index (κ2) is 12.0. The Morgan fingerprint density at radius 3 is 2.34 bits per heavy atom. The third kappa shape index (κ3) is 7.14. The van der Waals surface area contributed by atoms with Crippen molar-refractivity contribution in [1.29, 1.82) is 0 Å². The molecule has 0 spiro atoms. The summed E-state index contributed by atoms with van der Waals surface area (Å²) >= 11 is 1.36. The Bertz CT molecular complexity index is 1240. The Morgan fingerprint density at radius 1 is 1.00 bits per heavy atom. The molecule has 0 saturated heterocycles. The lowest BCUT2D eigenvalue weighted by atomic mass is 10.2. The van der Waals surface area contributed by atoms with Crippen LogP contribution < -0.4 is 4.18 Å². The molecule has 8 nitrogen and oxygen atoms in total. The molecule has 0 aliphatic rings. The van der Waals surface area contributed by atoms with Crippen molar-refractivity contribution < 1.29 is 31.7 Å². The molecule has 0 fully saturated rings. The Labute approximate surface area is 209 Å². The fourth-order valence-corrected chi connectivity index (χ4v) is 4.99. The van der Waals surface area contributed by atoms with Gasteiger partial charge in [-0.25, -0.2) is 4.79 Å².